The van der Waals surface area contributed by atoms with Gasteiger partial charge in [0, 0.05) is 26.7 Å². The van der Waals surface area contributed by atoms with Crippen LogP contribution in [0.4, 0.5) is 0 Å². The molecule has 0 saturated heterocycles. The van der Waals surface area contributed by atoms with Crippen LogP contribution in [0.15, 0.2) is 127 Å². The van der Waals surface area contributed by atoms with Gasteiger partial charge in [-0.3, -0.25) is 4.40 Å². The van der Waals surface area contributed by atoms with E-state index < -0.39 is 7.14 Å². The molecule has 35 heavy (non-hydrogen) atoms. The first-order valence-electron chi connectivity index (χ1n) is 11.7. The molecule has 0 saturated carbocycles. The predicted octanol–water partition coefficient (Wildman–Crippen LogP) is 6.43. The van der Waals surface area contributed by atoms with E-state index in [4.69, 9.17) is 4.98 Å². The van der Waals surface area contributed by atoms with Crippen molar-refractivity contribution >= 4 is 61.4 Å². The lowest BCUT2D eigenvalue weighted by molar-refractivity contribution is 0.592. The third-order valence-electron chi connectivity index (χ3n) is 6.84. The number of fused-ring (bicyclic) bond motifs is 8. The quantitative estimate of drug-likeness (QED) is 0.221. The molecule has 0 aliphatic rings. The van der Waals surface area contributed by atoms with E-state index in [0.29, 0.717) is 0 Å². The number of aromatic nitrogens is 2. The molecule has 2 heterocycles. The van der Waals surface area contributed by atoms with Crippen molar-refractivity contribution in [2.24, 2.45) is 0 Å². The summed E-state index contributed by atoms with van der Waals surface area (Å²) in [5.41, 5.74) is 3.69. The molecule has 2 aromatic heterocycles. The van der Waals surface area contributed by atoms with Gasteiger partial charge in [-0.05, 0) is 23.6 Å². The molecule has 0 radical (unpaired) electrons. The van der Waals surface area contributed by atoms with Crippen molar-refractivity contribution in [2.75, 3.05) is 0 Å². The van der Waals surface area contributed by atoms with Gasteiger partial charge in [-0.25, -0.2) is 4.98 Å². The van der Waals surface area contributed by atoms with Crippen LogP contribution in [-0.4, -0.2) is 9.38 Å². The van der Waals surface area contributed by atoms with Crippen LogP contribution in [0.3, 0.4) is 0 Å². The SMILES string of the molecule is O=P(c1ccccc1)(c1ccccc1)c1cccc2nc3c4ccccc4c4ccccc4n3c12. The number of pyridine rings is 1. The minimum atomic E-state index is -3.19. The Morgan fingerprint density at radius 2 is 1.11 bits per heavy atom. The summed E-state index contributed by atoms with van der Waals surface area (Å²) < 4.78 is 17.5. The van der Waals surface area contributed by atoms with Crippen molar-refractivity contribution in [3.8, 4) is 0 Å². The Bertz CT molecular complexity index is 1880. The van der Waals surface area contributed by atoms with Gasteiger partial charge in [0.2, 0.25) is 0 Å². The average molecular weight is 468 g/mol. The molecule has 5 aromatic carbocycles. The van der Waals surface area contributed by atoms with Crippen LogP contribution in [0.2, 0.25) is 0 Å². The molecule has 0 fully saturated rings. The molecule has 0 atom stereocenters. The molecular formula is C31H21N2OP. The largest absolute Gasteiger partial charge is 0.309 e. The molecule has 0 amide bonds. The summed E-state index contributed by atoms with van der Waals surface area (Å²) in [6.07, 6.45) is 0. The minimum absolute atomic E-state index is 0.806. The smallest absolute Gasteiger partial charge is 0.173 e. The molecule has 0 unspecified atom stereocenters. The van der Waals surface area contributed by atoms with Crippen molar-refractivity contribution < 1.29 is 4.57 Å². The first-order chi connectivity index (χ1) is 17.3. The second-order valence-electron chi connectivity index (χ2n) is 8.76. The first-order valence-corrected chi connectivity index (χ1v) is 13.4. The molecule has 3 nitrogen and oxygen atoms in total. The topological polar surface area (TPSA) is 34.4 Å². The highest BCUT2D eigenvalue weighted by molar-refractivity contribution is 7.85. The summed E-state index contributed by atoms with van der Waals surface area (Å²) >= 11 is 0. The molecule has 7 aromatic rings. The van der Waals surface area contributed by atoms with Crippen LogP contribution in [-0.2, 0) is 4.57 Å². The van der Waals surface area contributed by atoms with Gasteiger partial charge in [0.25, 0.3) is 0 Å². The fourth-order valence-corrected chi connectivity index (χ4v) is 8.14. The molecule has 0 aliphatic heterocycles. The highest BCUT2D eigenvalue weighted by atomic mass is 31.2. The van der Waals surface area contributed by atoms with E-state index in [9.17, 15) is 0 Å². The van der Waals surface area contributed by atoms with E-state index >= 15 is 4.57 Å². The van der Waals surface area contributed by atoms with E-state index in [2.05, 4.69) is 52.9 Å². The number of hydrogen-bond donors (Lipinski definition) is 0. The van der Waals surface area contributed by atoms with Crippen molar-refractivity contribution in [1.29, 1.82) is 0 Å². The second kappa shape index (κ2) is 7.66. The lowest BCUT2D eigenvalue weighted by atomic mass is 10.1. The zero-order valence-electron chi connectivity index (χ0n) is 18.9. The molecule has 4 heteroatoms. The minimum Gasteiger partial charge on any atom is -0.309 e. The number of rotatable bonds is 3. The molecule has 0 N–H and O–H groups in total. The maximum atomic E-state index is 15.3. The van der Waals surface area contributed by atoms with Crippen molar-refractivity contribution in [3.63, 3.8) is 0 Å². The van der Waals surface area contributed by atoms with Gasteiger partial charge in [-0.15, -0.1) is 0 Å². The van der Waals surface area contributed by atoms with E-state index in [1.54, 1.807) is 0 Å². The lowest BCUT2D eigenvalue weighted by Gasteiger charge is -2.21. The van der Waals surface area contributed by atoms with E-state index in [1.807, 2.05) is 78.9 Å². The molecule has 7 rings (SSSR count). The molecule has 0 bridgehead atoms. The van der Waals surface area contributed by atoms with Gasteiger partial charge in [0.05, 0.1) is 16.6 Å². The number of nitrogens with zero attached hydrogens (tertiary/aromatic N) is 2. The third kappa shape index (κ3) is 2.86. The summed E-state index contributed by atoms with van der Waals surface area (Å²) in [5, 5.41) is 5.85. The van der Waals surface area contributed by atoms with Crippen LogP contribution < -0.4 is 15.9 Å². The van der Waals surface area contributed by atoms with Gasteiger partial charge in [-0.1, -0.05) is 109 Å². The molecule has 0 spiro atoms. The summed E-state index contributed by atoms with van der Waals surface area (Å²) in [6.45, 7) is 0. The van der Waals surface area contributed by atoms with Gasteiger partial charge in [0.1, 0.15) is 5.65 Å². The number of hydrogen-bond acceptors (Lipinski definition) is 2. The Kier molecular flexibility index (Phi) is 4.42. The summed E-state index contributed by atoms with van der Waals surface area (Å²) in [6, 6.07) is 42.5. The Morgan fingerprint density at radius 3 is 1.80 bits per heavy atom. The zero-order valence-corrected chi connectivity index (χ0v) is 19.8. The van der Waals surface area contributed by atoms with E-state index in [1.165, 1.54) is 5.39 Å². The summed E-state index contributed by atoms with van der Waals surface area (Å²) in [4.78, 5) is 5.10. The van der Waals surface area contributed by atoms with Crippen LogP contribution in [0.5, 0.6) is 0 Å². The normalized spacial score (nSPS) is 12.1. The van der Waals surface area contributed by atoms with Gasteiger partial charge in [-0.2, -0.15) is 0 Å². The summed E-state index contributed by atoms with van der Waals surface area (Å²) in [5.74, 6) is 0. The monoisotopic (exact) mass is 468 g/mol. The van der Waals surface area contributed by atoms with Gasteiger partial charge >= 0.3 is 0 Å². The third-order valence-corrected chi connectivity index (χ3v) is 9.93. The number of benzene rings is 5. The Morgan fingerprint density at radius 1 is 0.543 bits per heavy atom. The maximum absolute atomic E-state index is 15.3. The first kappa shape index (κ1) is 20.2. The number of para-hydroxylation sites is 2. The standard InChI is InChI=1S/C31H21N2OP/c34-35(22-12-3-1-4-13-22,23-14-5-2-6-15-23)29-21-11-19-27-30(29)33-28-20-10-9-17-25(28)24-16-7-8-18-26(24)31(33)32-27/h1-21H. The Labute approximate surface area is 202 Å². The van der Waals surface area contributed by atoms with Crippen LogP contribution in [0.25, 0.3) is 38.4 Å². The van der Waals surface area contributed by atoms with Crippen molar-refractivity contribution in [1.82, 2.24) is 9.38 Å². The Balaban J connectivity index is 1.72. The van der Waals surface area contributed by atoms with Crippen molar-refractivity contribution in [2.45, 2.75) is 0 Å². The van der Waals surface area contributed by atoms with Crippen molar-refractivity contribution in [3.05, 3.63) is 127 Å². The Hall–Kier alpha value is -4.20. The summed E-state index contributed by atoms with van der Waals surface area (Å²) in [7, 11) is -3.19. The van der Waals surface area contributed by atoms with Crippen LogP contribution in [0, 0.1) is 0 Å². The predicted molar refractivity (Wildman–Crippen MR) is 147 cm³/mol. The fraction of sp³-hybridized carbons (Fsp3) is 0. The van der Waals surface area contributed by atoms with Crippen LogP contribution >= 0.6 is 7.14 Å². The molecular weight excluding hydrogens is 447 g/mol. The highest BCUT2D eigenvalue weighted by Gasteiger charge is 2.33. The molecule has 166 valence electrons. The highest BCUT2D eigenvalue weighted by Crippen LogP contribution is 2.45. The fourth-order valence-electron chi connectivity index (χ4n) is 5.29. The second-order valence-corrected chi connectivity index (χ2v) is 11.5. The van der Waals surface area contributed by atoms with Gasteiger partial charge in [0.15, 0.2) is 7.14 Å². The maximum Gasteiger partial charge on any atom is 0.173 e. The van der Waals surface area contributed by atoms with Gasteiger partial charge < -0.3 is 4.57 Å². The number of imidazole rings is 1. The van der Waals surface area contributed by atoms with E-state index in [0.717, 1.165) is 48.9 Å². The zero-order chi connectivity index (χ0) is 23.4. The average Bonchev–Trinajstić information content (AvgIpc) is 3.34. The van der Waals surface area contributed by atoms with Crippen LogP contribution in [0.1, 0.15) is 0 Å². The van der Waals surface area contributed by atoms with E-state index in [-0.39, 0.29) is 0 Å². The molecule has 0 aliphatic carbocycles. The lowest BCUT2D eigenvalue weighted by Crippen LogP contribution is -2.26.